The number of hydrogen-bond donors (Lipinski definition) is 1. The van der Waals surface area contributed by atoms with Gasteiger partial charge in [-0.2, -0.15) is 0 Å². The highest BCUT2D eigenvalue weighted by Crippen LogP contribution is 2.51. The lowest BCUT2D eigenvalue weighted by Gasteiger charge is -2.53. The van der Waals surface area contributed by atoms with Crippen LogP contribution in [0.2, 0.25) is 0 Å². The van der Waals surface area contributed by atoms with Crippen molar-refractivity contribution in [3.05, 3.63) is 35.9 Å². The monoisotopic (exact) mass is 245 g/mol. The van der Waals surface area contributed by atoms with Crippen molar-refractivity contribution in [3.8, 4) is 0 Å². The van der Waals surface area contributed by atoms with Crippen molar-refractivity contribution in [3.63, 3.8) is 0 Å². The molecule has 4 rings (SSSR count). The summed E-state index contributed by atoms with van der Waals surface area (Å²) >= 11 is 0. The number of hydrogen-bond acceptors (Lipinski definition) is 2. The minimum Gasteiger partial charge on any atom is -0.393 e. The Kier molecular flexibility index (Phi) is 3.16. The van der Waals surface area contributed by atoms with E-state index in [1.807, 2.05) is 0 Å². The summed E-state index contributed by atoms with van der Waals surface area (Å²) in [6, 6.07) is 11.4. The molecule has 1 aromatic rings. The Labute approximate surface area is 110 Å². The molecular weight excluding hydrogens is 222 g/mol. The first-order valence-electron chi connectivity index (χ1n) is 7.08. The van der Waals surface area contributed by atoms with Gasteiger partial charge in [-0.1, -0.05) is 30.3 Å². The van der Waals surface area contributed by atoms with Gasteiger partial charge in [0.2, 0.25) is 0 Å². The van der Waals surface area contributed by atoms with Gasteiger partial charge in [0.05, 0.1) is 6.10 Å². The molecule has 3 saturated carbocycles. The molecule has 0 spiro atoms. The largest absolute Gasteiger partial charge is 0.393 e. The summed E-state index contributed by atoms with van der Waals surface area (Å²) in [7, 11) is 4.32. The van der Waals surface area contributed by atoms with E-state index in [-0.39, 0.29) is 6.10 Å². The fraction of sp³-hybridized carbons (Fsp3) is 0.625. The van der Waals surface area contributed by atoms with Crippen molar-refractivity contribution in [2.24, 2.45) is 11.8 Å². The van der Waals surface area contributed by atoms with Crippen LogP contribution < -0.4 is 0 Å². The van der Waals surface area contributed by atoms with E-state index in [1.165, 1.54) is 18.4 Å². The molecule has 3 fully saturated rings. The predicted molar refractivity (Wildman–Crippen MR) is 73.5 cm³/mol. The van der Waals surface area contributed by atoms with Crippen LogP contribution in [0.4, 0.5) is 0 Å². The Morgan fingerprint density at radius 1 is 1.11 bits per heavy atom. The van der Waals surface area contributed by atoms with E-state index in [0.29, 0.717) is 23.8 Å². The third kappa shape index (κ3) is 1.88. The Morgan fingerprint density at radius 2 is 1.83 bits per heavy atom. The van der Waals surface area contributed by atoms with Gasteiger partial charge in [-0.25, -0.2) is 0 Å². The molecule has 2 bridgehead atoms. The smallest absolute Gasteiger partial charge is 0.0586 e. The van der Waals surface area contributed by atoms with Crippen LogP contribution in [0, 0.1) is 11.8 Å². The summed E-state index contributed by atoms with van der Waals surface area (Å²) in [6.07, 6.45) is 3.38. The number of aliphatic hydroxyl groups excluding tert-OH is 1. The van der Waals surface area contributed by atoms with Gasteiger partial charge in [0.1, 0.15) is 0 Å². The normalized spacial score (nSPS) is 39.2. The second-order valence-corrected chi connectivity index (χ2v) is 6.20. The van der Waals surface area contributed by atoms with Crippen LogP contribution in [-0.2, 0) is 0 Å². The quantitative estimate of drug-likeness (QED) is 0.865. The van der Waals surface area contributed by atoms with E-state index in [2.05, 4.69) is 49.3 Å². The van der Waals surface area contributed by atoms with Gasteiger partial charge in [0, 0.05) is 17.9 Å². The first-order chi connectivity index (χ1) is 8.68. The lowest BCUT2D eigenvalue weighted by atomic mass is 9.58. The van der Waals surface area contributed by atoms with Crippen LogP contribution in [-0.4, -0.2) is 36.2 Å². The van der Waals surface area contributed by atoms with Crippen molar-refractivity contribution >= 4 is 0 Å². The van der Waals surface area contributed by atoms with E-state index < -0.39 is 0 Å². The van der Waals surface area contributed by atoms with Crippen LogP contribution in [0.15, 0.2) is 30.3 Å². The lowest BCUT2D eigenvalue weighted by molar-refractivity contribution is -0.0620. The van der Waals surface area contributed by atoms with Crippen LogP contribution in [0.5, 0.6) is 0 Å². The molecule has 5 atom stereocenters. The van der Waals surface area contributed by atoms with Crippen molar-refractivity contribution in [2.75, 3.05) is 14.1 Å². The van der Waals surface area contributed by atoms with Gasteiger partial charge in [-0.05, 0) is 44.8 Å². The molecule has 1 aromatic carbocycles. The van der Waals surface area contributed by atoms with Crippen LogP contribution in [0.3, 0.4) is 0 Å². The maximum Gasteiger partial charge on any atom is 0.0586 e. The topological polar surface area (TPSA) is 23.5 Å². The molecule has 0 radical (unpaired) electrons. The molecule has 3 aliphatic carbocycles. The summed E-state index contributed by atoms with van der Waals surface area (Å²) in [4.78, 5) is 2.33. The molecule has 0 heterocycles. The second kappa shape index (κ2) is 4.67. The molecule has 0 saturated heterocycles. The molecule has 0 aliphatic heterocycles. The van der Waals surface area contributed by atoms with E-state index in [9.17, 15) is 5.11 Å². The van der Waals surface area contributed by atoms with Gasteiger partial charge in [-0.15, -0.1) is 0 Å². The SMILES string of the molecule is CN(C)[C@H]1[C@H]2CC[C@H](C[C@@H]2O)[C@@H]1c1ccccc1. The molecule has 0 aromatic heterocycles. The van der Waals surface area contributed by atoms with Crippen molar-refractivity contribution in [2.45, 2.75) is 37.3 Å². The first-order valence-corrected chi connectivity index (χ1v) is 7.08. The molecule has 0 amide bonds. The van der Waals surface area contributed by atoms with Crippen LogP contribution in [0.1, 0.15) is 30.7 Å². The highest BCUT2D eigenvalue weighted by Gasteiger charge is 2.49. The zero-order valence-electron chi connectivity index (χ0n) is 11.3. The van der Waals surface area contributed by atoms with Crippen molar-refractivity contribution in [1.29, 1.82) is 0 Å². The zero-order chi connectivity index (χ0) is 12.7. The third-order valence-corrected chi connectivity index (χ3v) is 5.00. The maximum atomic E-state index is 10.3. The number of rotatable bonds is 2. The average Bonchev–Trinajstić information content (AvgIpc) is 2.39. The van der Waals surface area contributed by atoms with Crippen LogP contribution in [0.25, 0.3) is 0 Å². The molecule has 3 aliphatic rings. The average molecular weight is 245 g/mol. The fourth-order valence-corrected chi connectivity index (χ4v) is 4.32. The van der Waals surface area contributed by atoms with E-state index in [0.717, 1.165) is 6.42 Å². The van der Waals surface area contributed by atoms with E-state index in [1.54, 1.807) is 0 Å². The maximum absolute atomic E-state index is 10.3. The number of aliphatic hydroxyl groups is 1. The van der Waals surface area contributed by atoms with Crippen molar-refractivity contribution in [1.82, 2.24) is 4.90 Å². The molecule has 98 valence electrons. The Balaban J connectivity index is 1.97. The molecule has 0 unspecified atom stereocenters. The first kappa shape index (κ1) is 12.2. The summed E-state index contributed by atoms with van der Waals surface area (Å²) < 4.78 is 0. The Morgan fingerprint density at radius 3 is 2.44 bits per heavy atom. The molecule has 2 nitrogen and oxygen atoms in total. The minimum atomic E-state index is -0.0869. The second-order valence-electron chi connectivity index (χ2n) is 6.20. The van der Waals surface area contributed by atoms with Gasteiger partial charge >= 0.3 is 0 Å². The number of nitrogens with zero attached hydrogens (tertiary/aromatic N) is 1. The van der Waals surface area contributed by atoms with E-state index >= 15 is 0 Å². The van der Waals surface area contributed by atoms with Gasteiger partial charge in [0.15, 0.2) is 0 Å². The highest BCUT2D eigenvalue weighted by molar-refractivity contribution is 5.25. The molecule has 1 N–H and O–H groups in total. The molecule has 18 heavy (non-hydrogen) atoms. The number of likely N-dealkylation sites (N-methyl/N-ethyl adjacent to an activating group) is 1. The standard InChI is InChI=1S/C16H23NO/c1-17(2)16-13-9-8-12(10-14(13)18)15(16)11-6-4-3-5-7-11/h3-7,12-16,18H,8-10H2,1-2H3/t12-,13+,14+,15+,16+/m1/s1. The molecular formula is C16H23NO. The van der Waals surface area contributed by atoms with Crippen molar-refractivity contribution < 1.29 is 5.11 Å². The Hall–Kier alpha value is -0.860. The van der Waals surface area contributed by atoms with Gasteiger partial charge in [-0.3, -0.25) is 0 Å². The zero-order valence-corrected chi connectivity index (χ0v) is 11.3. The summed E-state index contributed by atoms with van der Waals surface area (Å²) in [5.41, 5.74) is 1.46. The van der Waals surface area contributed by atoms with Gasteiger partial charge in [0.25, 0.3) is 0 Å². The fourth-order valence-electron chi connectivity index (χ4n) is 4.32. The minimum absolute atomic E-state index is 0.0869. The lowest BCUT2D eigenvalue weighted by Crippen LogP contribution is -2.55. The summed E-state index contributed by atoms with van der Waals surface area (Å²) in [5, 5.41) is 10.3. The Bertz CT molecular complexity index is 403. The third-order valence-electron chi connectivity index (χ3n) is 5.00. The number of fused-ring (bicyclic) bond motifs is 3. The highest BCUT2D eigenvalue weighted by atomic mass is 16.3. The predicted octanol–water partition coefficient (Wildman–Crippen LogP) is 2.49. The van der Waals surface area contributed by atoms with Gasteiger partial charge < -0.3 is 10.0 Å². The summed E-state index contributed by atoms with van der Waals surface area (Å²) in [5.74, 6) is 1.71. The summed E-state index contributed by atoms with van der Waals surface area (Å²) in [6.45, 7) is 0. The molecule has 2 heteroatoms. The number of benzene rings is 1. The van der Waals surface area contributed by atoms with E-state index in [4.69, 9.17) is 0 Å². The van der Waals surface area contributed by atoms with Crippen LogP contribution >= 0.6 is 0 Å².